The van der Waals surface area contributed by atoms with Crippen LogP contribution in [0.1, 0.15) is 54.0 Å². The maximum atomic E-state index is 11.6. The van der Waals surface area contributed by atoms with Gasteiger partial charge in [-0.2, -0.15) is 11.8 Å². The minimum Gasteiger partial charge on any atom is -0.465 e. The molecule has 2 rings (SSSR count). The summed E-state index contributed by atoms with van der Waals surface area (Å²) in [7, 11) is 1.33. The van der Waals surface area contributed by atoms with Gasteiger partial charge in [0, 0.05) is 5.25 Å². The van der Waals surface area contributed by atoms with Gasteiger partial charge in [-0.15, -0.1) is 0 Å². The summed E-state index contributed by atoms with van der Waals surface area (Å²) in [5.41, 5.74) is 6.71. The number of rotatable bonds is 4. The van der Waals surface area contributed by atoms with Gasteiger partial charge in [0.05, 0.1) is 18.6 Å². The van der Waals surface area contributed by atoms with Gasteiger partial charge < -0.3 is 10.5 Å². The maximum absolute atomic E-state index is 11.6. The molecule has 0 atom stereocenters. The van der Waals surface area contributed by atoms with Crippen molar-refractivity contribution in [3.05, 3.63) is 17.1 Å². The average molecular weight is 295 g/mol. The molecule has 1 aromatic heterocycles. The molecule has 0 spiro atoms. The van der Waals surface area contributed by atoms with E-state index in [1.807, 2.05) is 11.8 Å². The van der Waals surface area contributed by atoms with Crippen LogP contribution < -0.4 is 5.73 Å². The number of nitrogen functional groups attached to an aromatic ring is 1. The Morgan fingerprint density at radius 2 is 2.05 bits per heavy atom. The Balaban J connectivity index is 2.04. The first-order valence-corrected chi connectivity index (χ1v) is 7.99. The Morgan fingerprint density at radius 1 is 1.35 bits per heavy atom. The first-order valence-electron chi connectivity index (χ1n) is 6.94. The molecule has 6 heteroatoms. The lowest BCUT2D eigenvalue weighted by Crippen LogP contribution is -2.14. The van der Waals surface area contributed by atoms with E-state index in [4.69, 9.17) is 5.73 Å². The normalized spacial score (nSPS) is 16.1. The zero-order chi connectivity index (χ0) is 14.5. The third kappa shape index (κ3) is 3.62. The topological polar surface area (TPSA) is 78.1 Å². The molecular weight excluding hydrogens is 274 g/mol. The number of esters is 1. The van der Waals surface area contributed by atoms with Crippen LogP contribution in [0.25, 0.3) is 0 Å². The lowest BCUT2D eigenvalue weighted by atomic mass is 10.0. The van der Waals surface area contributed by atoms with Crippen LogP contribution in [0.3, 0.4) is 0 Å². The molecule has 5 nitrogen and oxygen atoms in total. The number of aromatic nitrogens is 2. The lowest BCUT2D eigenvalue weighted by molar-refractivity contribution is 0.0600. The van der Waals surface area contributed by atoms with Crippen LogP contribution in [-0.2, 0) is 10.5 Å². The number of nitrogens with zero attached hydrogens (tertiary/aromatic N) is 2. The number of methoxy groups -OCH3 is 1. The fraction of sp³-hybridized carbons (Fsp3) is 0.643. The molecule has 1 saturated carbocycles. The first kappa shape index (κ1) is 15.1. The van der Waals surface area contributed by atoms with E-state index in [0.717, 1.165) is 5.75 Å². The van der Waals surface area contributed by atoms with Crippen molar-refractivity contribution in [2.24, 2.45) is 0 Å². The highest BCUT2D eigenvalue weighted by Gasteiger charge is 2.19. The third-order valence-corrected chi connectivity index (χ3v) is 4.92. The lowest BCUT2D eigenvalue weighted by Gasteiger charge is -2.20. The first-order chi connectivity index (χ1) is 9.61. The van der Waals surface area contributed by atoms with Gasteiger partial charge in [0.25, 0.3) is 0 Å². The molecule has 0 aromatic carbocycles. The third-order valence-electron chi connectivity index (χ3n) is 3.55. The molecule has 1 aromatic rings. The largest absolute Gasteiger partial charge is 0.465 e. The second-order valence-corrected chi connectivity index (χ2v) is 6.34. The Bertz CT molecular complexity index is 464. The van der Waals surface area contributed by atoms with Crippen LogP contribution in [0.4, 0.5) is 5.82 Å². The summed E-state index contributed by atoms with van der Waals surface area (Å²) in [6.45, 7) is 1.76. The summed E-state index contributed by atoms with van der Waals surface area (Å²) in [5, 5.41) is 0.703. The van der Waals surface area contributed by atoms with E-state index in [9.17, 15) is 4.79 Å². The van der Waals surface area contributed by atoms with Crippen LogP contribution in [0.5, 0.6) is 0 Å². The van der Waals surface area contributed by atoms with E-state index in [1.165, 1.54) is 39.2 Å². The SMILES string of the molecule is COC(=O)c1c(C)nc(CSC2CCCCC2)nc1N. The van der Waals surface area contributed by atoms with Gasteiger partial charge in [-0.3, -0.25) is 0 Å². The number of carbonyl (C=O) groups excluding carboxylic acids is 1. The molecule has 0 radical (unpaired) electrons. The van der Waals surface area contributed by atoms with E-state index in [-0.39, 0.29) is 11.4 Å². The molecule has 1 aliphatic rings. The van der Waals surface area contributed by atoms with Crippen molar-refractivity contribution < 1.29 is 9.53 Å². The standard InChI is InChI=1S/C14H21N3O2S/c1-9-12(14(18)19-2)13(15)17-11(16-9)8-20-10-6-4-3-5-7-10/h10H,3-8H2,1-2H3,(H2,15,16,17). The molecule has 0 unspecified atom stereocenters. The van der Waals surface area contributed by atoms with Crippen molar-refractivity contribution in [2.75, 3.05) is 12.8 Å². The molecule has 2 N–H and O–H groups in total. The van der Waals surface area contributed by atoms with Crippen LogP contribution in [0, 0.1) is 6.92 Å². The van der Waals surface area contributed by atoms with Crippen molar-refractivity contribution in [1.82, 2.24) is 9.97 Å². The molecule has 110 valence electrons. The summed E-state index contributed by atoms with van der Waals surface area (Å²) in [4.78, 5) is 20.2. The molecule has 1 aliphatic carbocycles. The Kier molecular flexibility index (Phi) is 5.23. The summed E-state index contributed by atoms with van der Waals surface area (Å²) < 4.78 is 4.69. The Labute approximate surface area is 123 Å². The van der Waals surface area contributed by atoms with Gasteiger partial charge in [-0.25, -0.2) is 14.8 Å². The number of thioether (sulfide) groups is 1. The summed E-state index contributed by atoms with van der Waals surface area (Å²) >= 11 is 1.89. The van der Waals surface area contributed by atoms with E-state index >= 15 is 0 Å². The fourth-order valence-corrected chi connectivity index (χ4v) is 3.68. The molecule has 0 aliphatic heterocycles. The van der Waals surface area contributed by atoms with Crippen molar-refractivity contribution in [3.8, 4) is 0 Å². The van der Waals surface area contributed by atoms with Crippen LogP contribution in [0.15, 0.2) is 0 Å². The number of anilines is 1. The highest BCUT2D eigenvalue weighted by Crippen LogP contribution is 2.30. The molecule has 1 fully saturated rings. The number of aryl methyl sites for hydroxylation is 1. The predicted octanol–water partition coefficient (Wildman–Crippen LogP) is 2.72. The van der Waals surface area contributed by atoms with E-state index < -0.39 is 5.97 Å². The number of hydrogen-bond acceptors (Lipinski definition) is 6. The van der Waals surface area contributed by atoms with Crippen LogP contribution in [0.2, 0.25) is 0 Å². The van der Waals surface area contributed by atoms with Gasteiger partial charge >= 0.3 is 5.97 Å². The second-order valence-electron chi connectivity index (χ2n) is 5.05. The molecule has 0 bridgehead atoms. The van der Waals surface area contributed by atoms with Gasteiger partial charge in [0.2, 0.25) is 0 Å². The van der Waals surface area contributed by atoms with Crippen LogP contribution >= 0.6 is 11.8 Å². The fourth-order valence-electron chi connectivity index (χ4n) is 2.50. The minimum atomic E-state index is -0.480. The zero-order valence-corrected chi connectivity index (χ0v) is 12.8. The summed E-state index contributed by atoms with van der Waals surface area (Å²) in [6, 6.07) is 0. The highest BCUT2D eigenvalue weighted by molar-refractivity contribution is 7.99. The van der Waals surface area contributed by atoms with Crippen molar-refractivity contribution in [3.63, 3.8) is 0 Å². The van der Waals surface area contributed by atoms with Gasteiger partial charge in [0.1, 0.15) is 17.2 Å². The molecular formula is C14H21N3O2S. The monoisotopic (exact) mass is 295 g/mol. The number of carbonyl (C=O) groups is 1. The van der Waals surface area contributed by atoms with E-state index in [1.54, 1.807) is 6.92 Å². The molecule has 1 heterocycles. The molecule has 0 saturated heterocycles. The van der Waals surface area contributed by atoms with E-state index in [2.05, 4.69) is 14.7 Å². The quantitative estimate of drug-likeness (QED) is 0.860. The number of hydrogen-bond donors (Lipinski definition) is 1. The van der Waals surface area contributed by atoms with Crippen LogP contribution in [-0.4, -0.2) is 28.3 Å². The second kappa shape index (κ2) is 6.92. The van der Waals surface area contributed by atoms with Crippen molar-refractivity contribution in [2.45, 2.75) is 50.0 Å². The predicted molar refractivity (Wildman–Crippen MR) is 80.7 cm³/mol. The van der Waals surface area contributed by atoms with Gasteiger partial charge in [-0.05, 0) is 19.8 Å². The summed E-state index contributed by atoms with van der Waals surface area (Å²) in [5.74, 6) is 1.18. The van der Waals surface area contributed by atoms with Crippen molar-refractivity contribution in [1.29, 1.82) is 0 Å². The van der Waals surface area contributed by atoms with Gasteiger partial charge in [-0.1, -0.05) is 19.3 Å². The Hall–Kier alpha value is -1.30. The smallest absolute Gasteiger partial charge is 0.343 e. The number of nitrogens with two attached hydrogens (primary N) is 1. The number of ether oxygens (including phenoxy) is 1. The minimum absolute atomic E-state index is 0.212. The highest BCUT2D eigenvalue weighted by atomic mass is 32.2. The maximum Gasteiger partial charge on any atom is 0.343 e. The zero-order valence-electron chi connectivity index (χ0n) is 12.0. The molecule has 20 heavy (non-hydrogen) atoms. The summed E-state index contributed by atoms with van der Waals surface area (Å²) in [6.07, 6.45) is 6.55. The Morgan fingerprint density at radius 3 is 2.65 bits per heavy atom. The van der Waals surface area contributed by atoms with Crippen molar-refractivity contribution >= 4 is 23.5 Å². The molecule has 0 amide bonds. The van der Waals surface area contributed by atoms with E-state index in [0.29, 0.717) is 16.8 Å². The van der Waals surface area contributed by atoms with Gasteiger partial charge in [0.15, 0.2) is 0 Å². The average Bonchev–Trinajstić information content (AvgIpc) is 2.45.